The number of carboxylic acid groups (broad SMARTS) is 1. The number of rotatable bonds is 8. The molecule has 104 valence electrons. The van der Waals surface area contributed by atoms with E-state index >= 15 is 0 Å². The van der Waals surface area contributed by atoms with Crippen LogP contribution in [0.25, 0.3) is 0 Å². The lowest BCUT2D eigenvalue weighted by molar-refractivity contribution is -0.154. The smallest absolute Gasteiger partial charge is 0.311 e. The number of carbonyl (C=O) groups excluding carboxylic acids is 1. The van der Waals surface area contributed by atoms with Gasteiger partial charge in [0.15, 0.2) is 0 Å². The number of hydrogen-bond acceptors (Lipinski definition) is 4. The highest BCUT2D eigenvalue weighted by molar-refractivity contribution is 5.83. The Morgan fingerprint density at radius 2 is 2.17 bits per heavy atom. The first-order valence-electron chi connectivity index (χ1n) is 6.27. The van der Waals surface area contributed by atoms with Crippen LogP contribution in [0.4, 0.5) is 0 Å². The van der Waals surface area contributed by atoms with Crippen LogP contribution in [0.1, 0.15) is 32.1 Å². The summed E-state index contributed by atoms with van der Waals surface area (Å²) in [7, 11) is 1.60. The van der Waals surface area contributed by atoms with Gasteiger partial charge in [0, 0.05) is 20.3 Å². The van der Waals surface area contributed by atoms with Gasteiger partial charge in [-0.2, -0.15) is 0 Å². The van der Waals surface area contributed by atoms with E-state index in [4.69, 9.17) is 15.6 Å². The third-order valence-corrected chi connectivity index (χ3v) is 3.57. The first-order valence-corrected chi connectivity index (χ1v) is 6.27. The summed E-state index contributed by atoms with van der Waals surface area (Å²) in [5.41, 5.74) is 4.95. The molecule has 1 rings (SSSR count). The summed E-state index contributed by atoms with van der Waals surface area (Å²) < 4.78 is 4.88. The van der Waals surface area contributed by atoms with E-state index in [1.807, 2.05) is 0 Å². The number of nitrogens with one attached hydrogen (secondary N) is 1. The van der Waals surface area contributed by atoms with Crippen LogP contribution in [0.3, 0.4) is 0 Å². The van der Waals surface area contributed by atoms with Gasteiger partial charge in [0.1, 0.15) is 0 Å². The summed E-state index contributed by atoms with van der Waals surface area (Å²) in [4.78, 5) is 22.8. The van der Waals surface area contributed by atoms with Crippen molar-refractivity contribution in [2.24, 2.45) is 11.1 Å². The molecule has 1 saturated carbocycles. The summed E-state index contributed by atoms with van der Waals surface area (Å²) in [5.74, 6) is -1.11. The maximum absolute atomic E-state index is 11.7. The minimum Gasteiger partial charge on any atom is -0.481 e. The van der Waals surface area contributed by atoms with Crippen molar-refractivity contribution >= 4 is 11.9 Å². The Kier molecular flexibility index (Phi) is 5.55. The van der Waals surface area contributed by atoms with Gasteiger partial charge in [0.25, 0.3) is 0 Å². The number of carbonyl (C=O) groups is 2. The number of hydrogen-bond donors (Lipinski definition) is 3. The summed E-state index contributed by atoms with van der Waals surface area (Å²) in [6, 6.07) is -0.592. The van der Waals surface area contributed by atoms with E-state index in [0.29, 0.717) is 25.9 Å². The van der Waals surface area contributed by atoms with Crippen molar-refractivity contribution < 1.29 is 19.4 Å². The van der Waals surface area contributed by atoms with E-state index in [2.05, 4.69) is 5.32 Å². The second kappa shape index (κ2) is 6.70. The molecular weight excluding hydrogens is 236 g/mol. The number of nitrogens with two attached hydrogens (primary N) is 1. The third-order valence-electron chi connectivity index (χ3n) is 3.57. The molecule has 1 aliphatic carbocycles. The van der Waals surface area contributed by atoms with E-state index in [1.54, 1.807) is 7.11 Å². The molecule has 18 heavy (non-hydrogen) atoms. The van der Waals surface area contributed by atoms with Gasteiger partial charge in [-0.25, -0.2) is 0 Å². The van der Waals surface area contributed by atoms with Crippen LogP contribution in [0.15, 0.2) is 0 Å². The normalized spacial score (nSPS) is 18.8. The molecule has 0 aromatic heterocycles. The van der Waals surface area contributed by atoms with Gasteiger partial charge in [-0.15, -0.1) is 0 Å². The molecule has 0 radical (unpaired) electrons. The number of amides is 1. The van der Waals surface area contributed by atoms with Crippen LogP contribution in [-0.2, 0) is 14.3 Å². The highest BCUT2D eigenvalue weighted by Crippen LogP contribution is 2.40. The van der Waals surface area contributed by atoms with Crippen molar-refractivity contribution in [2.45, 2.75) is 38.1 Å². The predicted molar refractivity (Wildman–Crippen MR) is 66.0 cm³/mol. The van der Waals surface area contributed by atoms with E-state index in [1.165, 1.54) is 0 Å². The molecule has 0 aromatic carbocycles. The quantitative estimate of drug-likeness (QED) is 0.536. The molecule has 1 atom stereocenters. The lowest BCUT2D eigenvalue weighted by Gasteiger charge is -2.37. The molecular formula is C12H22N2O4. The van der Waals surface area contributed by atoms with Crippen molar-refractivity contribution in [3.05, 3.63) is 0 Å². The zero-order valence-electron chi connectivity index (χ0n) is 10.8. The Hall–Kier alpha value is -1.14. The molecule has 1 amide bonds. The molecule has 0 bridgehead atoms. The summed E-state index contributed by atoms with van der Waals surface area (Å²) in [6.45, 7) is 0.749. The Bertz CT molecular complexity index is 302. The maximum atomic E-state index is 11.7. The number of ether oxygens (including phenoxy) is 1. The molecule has 6 nitrogen and oxygen atoms in total. The van der Waals surface area contributed by atoms with E-state index in [-0.39, 0.29) is 12.5 Å². The largest absolute Gasteiger partial charge is 0.481 e. The lowest BCUT2D eigenvalue weighted by atomic mass is 9.69. The van der Waals surface area contributed by atoms with E-state index in [9.17, 15) is 9.59 Å². The van der Waals surface area contributed by atoms with Crippen LogP contribution >= 0.6 is 0 Å². The van der Waals surface area contributed by atoms with Crippen LogP contribution in [0.2, 0.25) is 0 Å². The summed E-state index contributed by atoms with van der Waals surface area (Å²) >= 11 is 0. The zero-order chi connectivity index (χ0) is 13.6. The average Bonchev–Trinajstić information content (AvgIpc) is 2.27. The predicted octanol–water partition coefficient (Wildman–Crippen LogP) is 0.111. The fourth-order valence-corrected chi connectivity index (χ4v) is 2.04. The number of carboxylic acids is 1. The van der Waals surface area contributed by atoms with Crippen LogP contribution in [0, 0.1) is 5.41 Å². The Balaban J connectivity index is 2.29. The van der Waals surface area contributed by atoms with Crippen molar-refractivity contribution in [3.8, 4) is 0 Å². The Morgan fingerprint density at radius 3 is 2.61 bits per heavy atom. The molecule has 6 heteroatoms. The van der Waals surface area contributed by atoms with Gasteiger partial charge in [-0.05, 0) is 25.7 Å². The fourth-order valence-electron chi connectivity index (χ4n) is 2.04. The van der Waals surface area contributed by atoms with Crippen molar-refractivity contribution in [1.29, 1.82) is 0 Å². The highest BCUT2D eigenvalue weighted by atomic mass is 16.5. The number of methoxy groups -OCH3 is 1. The summed E-state index contributed by atoms with van der Waals surface area (Å²) in [6.07, 6.45) is 3.42. The SMILES string of the molecule is COCCCC(N)C(=O)NCC1(C(=O)O)CCC1. The van der Waals surface area contributed by atoms with E-state index < -0.39 is 17.4 Å². The summed E-state index contributed by atoms with van der Waals surface area (Å²) in [5, 5.41) is 11.8. The molecule has 4 N–H and O–H groups in total. The highest BCUT2D eigenvalue weighted by Gasteiger charge is 2.44. The van der Waals surface area contributed by atoms with Gasteiger partial charge >= 0.3 is 5.97 Å². The Labute approximate surface area is 107 Å². The third kappa shape index (κ3) is 3.68. The minimum atomic E-state index is -0.831. The minimum absolute atomic E-state index is 0.180. The van der Waals surface area contributed by atoms with Gasteiger partial charge < -0.3 is 20.9 Å². The first-order chi connectivity index (χ1) is 8.52. The molecule has 1 fully saturated rings. The Morgan fingerprint density at radius 1 is 1.50 bits per heavy atom. The monoisotopic (exact) mass is 258 g/mol. The second-order valence-corrected chi connectivity index (χ2v) is 4.90. The van der Waals surface area contributed by atoms with E-state index in [0.717, 1.165) is 12.8 Å². The average molecular weight is 258 g/mol. The van der Waals surface area contributed by atoms with Gasteiger partial charge in [0.05, 0.1) is 11.5 Å². The second-order valence-electron chi connectivity index (χ2n) is 4.90. The van der Waals surface area contributed by atoms with Crippen molar-refractivity contribution in [1.82, 2.24) is 5.32 Å². The van der Waals surface area contributed by atoms with Gasteiger partial charge in [-0.3, -0.25) is 9.59 Å². The van der Waals surface area contributed by atoms with Crippen molar-refractivity contribution in [3.63, 3.8) is 0 Å². The topological polar surface area (TPSA) is 102 Å². The van der Waals surface area contributed by atoms with Gasteiger partial charge in [0.2, 0.25) is 5.91 Å². The number of aliphatic carboxylic acids is 1. The molecule has 1 unspecified atom stereocenters. The van der Waals surface area contributed by atoms with Crippen molar-refractivity contribution in [2.75, 3.05) is 20.3 Å². The molecule has 0 saturated heterocycles. The molecule has 0 spiro atoms. The van der Waals surface area contributed by atoms with Crippen LogP contribution in [0.5, 0.6) is 0 Å². The lowest BCUT2D eigenvalue weighted by Crippen LogP contribution is -2.50. The fraction of sp³-hybridized carbons (Fsp3) is 0.833. The zero-order valence-corrected chi connectivity index (χ0v) is 10.8. The molecule has 0 heterocycles. The molecule has 0 aromatic rings. The maximum Gasteiger partial charge on any atom is 0.311 e. The molecule has 1 aliphatic rings. The van der Waals surface area contributed by atoms with Gasteiger partial charge in [-0.1, -0.05) is 6.42 Å². The molecule has 0 aliphatic heterocycles. The van der Waals surface area contributed by atoms with Crippen LogP contribution < -0.4 is 11.1 Å². The first kappa shape index (κ1) is 14.9. The van der Waals surface area contributed by atoms with Crippen LogP contribution in [-0.4, -0.2) is 43.3 Å². The standard InChI is InChI=1S/C12H22N2O4/c1-18-7-2-4-9(13)10(15)14-8-12(11(16)17)5-3-6-12/h9H,2-8,13H2,1H3,(H,14,15)(H,16,17).